The highest BCUT2D eigenvalue weighted by Gasteiger charge is 2.85. The summed E-state index contributed by atoms with van der Waals surface area (Å²) in [6.07, 6.45) is 12.8. The Bertz CT molecular complexity index is 2030. The van der Waals surface area contributed by atoms with E-state index in [1.165, 1.54) is 42.5 Å². The van der Waals surface area contributed by atoms with Crippen LogP contribution in [-0.2, 0) is 10.0 Å². The average molecular weight is 731 g/mol. The Kier molecular flexibility index (Phi) is 8.58. The molecule has 0 aromatic carbocycles. The first-order chi connectivity index (χ1) is 24.5. The number of anilines is 1. The Morgan fingerprint density at radius 1 is 1.04 bits per heavy atom. The summed E-state index contributed by atoms with van der Waals surface area (Å²) < 4.78 is 36.3. The minimum absolute atomic E-state index is 0.103. The SMILES string of the molecule is CC1(C)C[C@@H](CCC(Nc2cccc(S(=O)(=O)NC(=O)c3ccc(-n4ccc(OCCC5C6(CC6)C56CC6)n4)nc3Cl)n2)c2ccccn2)CN1. The summed E-state index contributed by atoms with van der Waals surface area (Å²) in [5, 5.41) is 10.9. The number of rotatable bonds is 14. The zero-order valence-corrected chi connectivity index (χ0v) is 30.4. The van der Waals surface area contributed by atoms with Gasteiger partial charge < -0.3 is 15.4 Å². The summed E-state index contributed by atoms with van der Waals surface area (Å²) in [6, 6.07) is 14.9. The Morgan fingerprint density at radius 3 is 2.53 bits per heavy atom. The maximum atomic E-state index is 13.4. The third-order valence-electron chi connectivity index (χ3n) is 11.5. The summed E-state index contributed by atoms with van der Waals surface area (Å²) >= 11 is 6.40. The van der Waals surface area contributed by atoms with E-state index >= 15 is 0 Å². The third kappa shape index (κ3) is 6.83. The van der Waals surface area contributed by atoms with Crippen LogP contribution < -0.4 is 20.1 Å². The number of ether oxygens (including phenoxy) is 1. The number of carbonyl (C=O) groups excluding carboxylic acids is 1. The molecule has 0 bridgehead atoms. The van der Waals surface area contributed by atoms with E-state index < -0.39 is 15.9 Å². The second-order valence-corrected chi connectivity index (χ2v) is 17.3. The number of hydrogen-bond acceptors (Lipinski definition) is 10. The predicted molar refractivity (Wildman–Crippen MR) is 192 cm³/mol. The van der Waals surface area contributed by atoms with Gasteiger partial charge in [-0.2, -0.15) is 8.42 Å². The van der Waals surface area contributed by atoms with Crippen molar-refractivity contribution in [2.45, 2.75) is 81.8 Å². The molecule has 3 N–H and O–H groups in total. The lowest BCUT2D eigenvalue weighted by atomic mass is 9.91. The Hall–Kier alpha value is -4.07. The Morgan fingerprint density at radius 2 is 1.84 bits per heavy atom. The van der Waals surface area contributed by atoms with Crippen LogP contribution >= 0.6 is 11.6 Å². The molecule has 3 saturated carbocycles. The summed E-state index contributed by atoms with van der Waals surface area (Å²) in [5.41, 5.74) is 2.14. The molecular formula is C37H43ClN8O4S. The number of amides is 1. The van der Waals surface area contributed by atoms with Gasteiger partial charge in [-0.25, -0.2) is 19.4 Å². The van der Waals surface area contributed by atoms with Gasteiger partial charge in [-0.3, -0.25) is 9.78 Å². The summed E-state index contributed by atoms with van der Waals surface area (Å²) in [6.45, 7) is 6.00. The van der Waals surface area contributed by atoms with Crippen LogP contribution in [0.3, 0.4) is 0 Å². The van der Waals surface area contributed by atoms with E-state index in [1.807, 2.05) is 18.2 Å². The van der Waals surface area contributed by atoms with Gasteiger partial charge in [0.15, 0.2) is 10.8 Å². The molecule has 4 aromatic rings. The second kappa shape index (κ2) is 12.9. The first kappa shape index (κ1) is 34.0. The lowest BCUT2D eigenvalue weighted by Gasteiger charge is -2.21. The van der Waals surface area contributed by atoms with Crippen LogP contribution in [0.2, 0.25) is 5.15 Å². The molecule has 1 amide bonds. The number of hydrogen-bond donors (Lipinski definition) is 3. The van der Waals surface area contributed by atoms with Crippen LogP contribution in [0.5, 0.6) is 5.88 Å². The molecule has 2 spiro atoms. The van der Waals surface area contributed by atoms with Crippen molar-refractivity contribution < 1.29 is 17.9 Å². The molecule has 2 atom stereocenters. The van der Waals surface area contributed by atoms with Crippen molar-refractivity contribution >= 4 is 33.3 Å². The van der Waals surface area contributed by atoms with Crippen LogP contribution in [-0.4, -0.2) is 57.7 Å². The van der Waals surface area contributed by atoms with E-state index in [1.54, 1.807) is 36.7 Å². The third-order valence-corrected chi connectivity index (χ3v) is 13.0. The first-order valence-corrected chi connectivity index (χ1v) is 19.7. The highest BCUT2D eigenvalue weighted by Crippen LogP contribution is 2.93. The zero-order chi connectivity index (χ0) is 35.4. The lowest BCUT2D eigenvalue weighted by Crippen LogP contribution is -2.31. The van der Waals surface area contributed by atoms with Gasteiger partial charge in [0.25, 0.3) is 15.9 Å². The van der Waals surface area contributed by atoms with Crippen LogP contribution in [0.1, 0.15) is 87.3 Å². The minimum atomic E-state index is -4.36. The summed E-state index contributed by atoms with van der Waals surface area (Å²) in [7, 11) is -4.36. The molecule has 1 unspecified atom stereocenters. The van der Waals surface area contributed by atoms with Crippen molar-refractivity contribution in [2.24, 2.45) is 22.7 Å². The van der Waals surface area contributed by atoms with E-state index in [4.69, 9.17) is 16.3 Å². The van der Waals surface area contributed by atoms with Crippen LogP contribution in [0, 0.1) is 22.7 Å². The van der Waals surface area contributed by atoms with Gasteiger partial charge in [0.2, 0.25) is 5.88 Å². The fraction of sp³-hybridized carbons (Fsp3) is 0.486. The highest BCUT2D eigenvalue weighted by atomic mass is 35.5. The van der Waals surface area contributed by atoms with Crippen LogP contribution in [0.4, 0.5) is 5.82 Å². The fourth-order valence-electron chi connectivity index (χ4n) is 8.69. The predicted octanol–water partition coefficient (Wildman–Crippen LogP) is 6.11. The lowest BCUT2D eigenvalue weighted by molar-refractivity contribution is 0.0981. The van der Waals surface area contributed by atoms with Gasteiger partial charge in [0.05, 0.1) is 23.9 Å². The number of aromatic nitrogens is 5. The second-order valence-electron chi connectivity index (χ2n) is 15.3. The topological polar surface area (TPSA) is 153 Å². The van der Waals surface area contributed by atoms with Crippen molar-refractivity contribution in [1.29, 1.82) is 0 Å². The molecule has 1 aliphatic heterocycles. The molecule has 8 rings (SSSR count). The van der Waals surface area contributed by atoms with Gasteiger partial charge in [0.1, 0.15) is 11.0 Å². The molecule has 51 heavy (non-hydrogen) atoms. The quantitative estimate of drug-likeness (QED) is 0.130. The molecule has 4 aromatic heterocycles. The largest absolute Gasteiger partial charge is 0.477 e. The van der Waals surface area contributed by atoms with E-state index in [2.05, 4.69) is 49.3 Å². The summed E-state index contributed by atoms with van der Waals surface area (Å²) in [5.74, 6) is 1.60. The fourth-order valence-corrected chi connectivity index (χ4v) is 9.86. The molecule has 5 heterocycles. The number of carbonyl (C=O) groups is 1. The Labute approximate surface area is 303 Å². The minimum Gasteiger partial charge on any atom is -0.477 e. The number of halogens is 1. The number of fused-ring (bicyclic) bond motifs is 1. The van der Waals surface area contributed by atoms with Crippen molar-refractivity contribution in [1.82, 2.24) is 34.8 Å². The molecule has 3 aliphatic carbocycles. The first-order valence-electron chi connectivity index (χ1n) is 17.8. The van der Waals surface area contributed by atoms with E-state index in [0.717, 1.165) is 43.8 Å². The highest BCUT2D eigenvalue weighted by molar-refractivity contribution is 7.90. The van der Waals surface area contributed by atoms with Crippen LogP contribution in [0.15, 0.2) is 72.0 Å². The Balaban J connectivity index is 0.892. The van der Waals surface area contributed by atoms with Gasteiger partial charge in [-0.05, 0) is 131 Å². The number of pyridine rings is 3. The summed E-state index contributed by atoms with van der Waals surface area (Å²) in [4.78, 5) is 26.4. The van der Waals surface area contributed by atoms with Crippen molar-refractivity contribution in [3.63, 3.8) is 0 Å². The maximum Gasteiger partial charge on any atom is 0.281 e. The molecule has 0 radical (unpaired) electrons. The van der Waals surface area contributed by atoms with Gasteiger partial charge in [-0.15, -0.1) is 5.10 Å². The standard InChI is InChI=1S/C37H43ClN8O4S/c1-35(2)22-24(23-40-35)9-11-27(26-6-3-4-19-39-26)41-29-7-5-8-32(42-29)51(48,49)45-34(47)25-10-12-30(43-33(25)38)46-20-13-31(44-46)50-21-14-28-36(15-16-36)37(28)17-18-37/h3-8,10,12-13,19-20,24,27-28,40H,9,11,14-18,21-23H2,1-2H3,(H,41,42)(H,45,47)/t24-,27?/m1/s1. The van der Waals surface area contributed by atoms with Crippen LogP contribution in [0.25, 0.3) is 5.82 Å². The van der Waals surface area contributed by atoms with E-state index in [9.17, 15) is 13.2 Å². The number of sulfonamides is 1. The molecule has 12 nitrogen and oxygen atoms in total. The van der Waals surface area contributed by atoms with E-state index in [-0.39, 0.29) is 27.3 Å². The average Bonchev–Trinajstić information content (AvgIpc) is 4.06. The monoisotopic (exact) mass is 730 g/mol. The normalized spacial score (nSPS) is 21.4. The van der Waals surface area contributed by atoms with Crippen molar-refractivity contribution in [3.05, 3.63) is 83.4 Å². The zero-order valence-electron chi connectivity index (χ0n) is 28.8. The van der Waals surface area contributed by atoms with Crippen molar-refractivity contribution in [3.8, 4) is 11.7 Å². The molecule has 4 fully saturated rings. The van der Waals surface area contributed by atoms with Crippen molar-refractivity contribution in [2.75, 3.05) is 18.5 Å². The number of nitrogens with zero attached hydrogens (tertiary/aromatic N) is 5. The maximum absolute atomic E-state index is 13.4. The van der Waals surface area contributed by atoms with Gasteiger partial charge in [-0.1, -0.05) is 23.7 Å². The number of nitrogens with one attached hydrogen (secondary N) is 3. The van der Waals surface area contributed by atoms with E-state index in [0.29, 0.717) is 40.9 Å². The molecule has 268 valence electrons. The van der Waals surface area contributed by atoms with Gasteiger partial charge in [0, 0.05) is 24.0 Å². The molecular weight excluding hydrogens is 688 g/mol. The smallest absolute Gasteiger partial charge is 0.281 e. The molecule has 1 saturated heterocycles. The van der Waals surface area contributed by atoms with Gasteiger partial charge >= 0.3 is 0 Å². The molecule has 4 aliphatic rings. The molecule has 14 heteroatoms.